The van der Waals surface area contributed by atoms with Crippen molar-refractivity contribution in [1.29, 1.82) is 0 Å². The van der Waals surface area contributed by atoms with Gasteiger partial charge < -0.3 is 9.64 Å². The Labute approximate surface area is 115 Å². The molecule has 0 aliphatic heterocycles. The number of carbonyl (C=O) groups excluding carboxylic acids is 1. The van der Waals surface area contributed by atoms with E-state index in [9.17, 15) is 4.79 Å². The highest BCUT2D eigenvalue weighted by atomic mass is 16.5. The number of hydrogen-bond acceptors (Lipinski definition) is 2. The molecule has 0 spiro atoms. The Kier molecular flexibility index (Phi) is 4.13. The van der Waals surface area contributed by atoms with Crippen molar-refractivity contribution >= 4 is 5.91 Å². The Morgan fingerprint density at radius 2 is 2.16 bits per heavy atom. The van der Waals surface area contributed by atoms with Crippen LogP contribution in [0, 0.1) is 5.92 Å². The smallest absolute Gasteiger partial charge is 0.225 e. The lowest BCUT2D eigenvalue weighted by molar-refractivity contribution is -0.135. The summed E-state index contributed by atoms with van der Waals surface area (Å²) in [6.07, 6.45) is 3.18. The third-order valence-electron chi connectivity index (χ3n) is 3.96. The van der Waals surface area contributed by atoms with Gasteiger partial charge in [-0.3, -0.25) is 4.79 Å². The van der Waals surface area contributed by atoms with Crippen LogP contribution in [0.4, 0.5) is 0 Å². The normalized spacial score (nSPS) is 18.1. The lowest BCUT2D eigenvalue weighted by Crippen LogP contribution is -2.36. The summed E-state index contributed by atoms with van der Waals surface area (Å²) in [5, 5.41) is 0. The van der Waals surface area contributed by atoms with E-state index in [4.69, 9.17) is 4.74 Å². The molecule has 1 aliphatic rings. The molecule has 1 aromatic carbocycles. The van der Waals surface area contributed by atoms with Crippen molar-refractivity contribution in [2.75, 3.05) is 14.2 Å². The van der Waals surface area contributed by atoms with Crippen LogP contribution >= 0.6 is 0 Å². The van der Waals surface area contributed by atoms with Crippen LogP contribution in [0.3, 0.4) is 0 Å². The van der Waals surface area contributed by atoms with E-state index in [0.29, 0.717) is 0 Å². The van der Waals surface area contributed by atoms with E-state index in [1.165, 1.54) is 11.1 Å². The number of amides is 1. The maximum absolute atomic E-state index is 12.2. The predicted molar refractivity (Wildman–Crippen MR) is 76.3 cm³/mol. The fraction of sp³-hybridized carbons (Fsp3) is 0.562. The SMILES string of the molecule is COc1cccc2c1CCC[C@@H]2N(C)C(=O)C(C)C. The minimum absolute atomic E-state index is 0.0426. The minimum Gasteiger partial charge on any atom is -0.496 e. The third kappa shape index (κ3) is 2.60. The highest BCUT2D eigenvalue weighted by Gasteiger charge is 2.29. The van der Waals surface area contributed by atoms with Crippen LogP contribution in [0.15, 0.2) is 18.2 Å². The topological polar surface area (TPSA) is 29.5 Å². The van der Waals surface area contributed by atoms with Gasteiger partial charge in [-0.1, -0.05) is 26.0 Å². The summed E-state index contributed by atoms with van der Waals surface area (Å²) in [5.41, 5.74) is 2.52. The first kappa shape index (κ1) is 13.9. The quantitative estimate of drug-likeness (QED) is 0.836. The second-order valence-corrected chi connectivity index (χ2v) is 5.54. The maximum Gasteiger partial charge on any atom is 0.225 e. The van der Waals surface area contributed by atoms with E-state index in [-0.39, 0.29) is 17.9 Å². The van der Waals surface area contributed by atoms with Gasteiger partial charge in [0, 0.05) is 13.0 Å². The van der Waals surface area contributed by atoms with Crippen LogP contribution in [0.25, 0.3) is 0 Å². The summed E-state index contributed by atoms with van der Waals surface area (Å²) < 4.78 is 5.45. The Balaban J connectivity index is 2.35. The molecule has 1 aliphatic carbocycles. The number of benzene rings is 1. The van der Waals surface area contributed by atoms with Gasteiger partial charge in [-0.25, -0.2) is 0 Å². The van der Waals surface area contributed by atoms with Crippen LogP contribution in [-0.4, -0.2) is 25.0 Å². The van der Waals surface area contributed by atoms with Gasteiger partial charge in [0.1, 0.15) is 5.75 Å². The molecule has 0 N–H and O–H groups in total. The van der Waals surface area contributed by atoms with Gasteiger partial charge in [-0.05, 0) is 36.5 Å². The number of fused-ring (bicyclic) bond motifs is 1. The van der Waals surface area contributed by atoms with Gasteiger partial charge in [0.25, 0.3) is 0 Å². The summed E-state index contributed by atoms with van der Waals surface area (Å²) in [5.74, 6) is 1.20. The lowest BCUT2D eigenvalue weighted by atomic mass is 9.86. The molecule has 0 heterocycles. The first-order valence-electron chi connectivity index (χ1n) is 6.98. The zero-order chi connectivity index (χ0) is 14.0. The molecule has 104 valence electrons. The molecule has 3 nitrogen and oxygen atoms in total. The monoisotopic (exact) mass is 261 g/mol. The largest absolute Gasteiger partial charge is 0.496 e. The van der Waals surface area contributed by atoms with Crippen molar-refractivity contribution in [2.24, 2.45) is 5.92 Å². The Hall–Kier alpha value is -1.51. The summed E-state index contributed by atoms with van der Waals surface area (Å²) in [6, 6.07) is 6.34. The molecular formula is C16H23NO2. The Bertz CT molecular complexity index is 468. The zero-order valence-electron chi connectivity index (χ0n) is 12.3. The van der Waals surface area contributed by atoms with Gasteiger partial charge in [0.15, 0.2) is 0 Å². The average molecular weight is 261 g/mol. The number of hydrogen-bond donors (Lipinski definition) is 0. The first-order chi connectivity index (χ1) is 9.06. The molecule has 0 fully saturated rings. The van der Waals surface area contributed by atoms with E-state index in [2.05, 4.69) is 6.07 Å². The molecule has 0 saturated heterocycles. The van der Waals surface area contributed by atoms with E-state index < -0.39 is 0 Å². The van der Waals surface area contributed by atoms with Crippen molar-refractivity contribution in [3.05, 3.63) is 29.3 Å². The third-order valence-corrected chi connectivity index (χ3v) is 3.96. The van der Waals surface area contributed by atoms with E-state index in [0.717, 1.165) is 25.0 Å². The molecule has 3 heteroatoms. The molecule has 0 unspecified atom stereocenters. The fourth-order valence-electron chi connectivity index (χ4n) is 2.94. The molecule has 1 atom stereocenters. The van der Waals surface area contributed by atoms with Gasteiger partial charge >= 0.3 is 0 Å². The lowest BCUT2D eigenvalue weighted by Gasteiger charge is -2.34. The minimum atomic E-state index is 0.0426. The first-order valence-corrected chi connectivity index (χ1v) is 6.98. The fourth-order valence-corrected chi connectivity index (χ4v) is 2.94. The molecule has 0 aromatic heterocycles. The Morgan fingerprint density at radius 3 is 2.79 bits per heavy atom. The van der Waals surface area contributed by atoms with Crippen molar-refractivity contribution in [3.63, 3.8) is 0 Å². The molecule has 19 heavy (non-hydrogen) atoms. The van der Waals surface area contributed by atoms with E-state index >= 15 is 0 Å². The molecule has 1 amide bonds. The van der Waals surface area contributed by atoms with Crippen molar-refractivity contribution in [3.8, 4) is 5.75 Å². The van der Waals surface area contributed by atoms with Gasteiger partial charge in [0.05, 0.1) is 13.2 Å². The van der Waals surface area contributed by atoms with Crippen LogP contribution in [0.2, 0.25) is 0 Å². The highest BCUT2D eigenvalue weighted by Crippen LogP contribution is 2.38. The maximum atomic E-state index is 12.2. The molecular weight excluding hydrogens is 238 g/mol. The number of ether oxygens (including phenoxy) is 1. The summed E-state index contributed by atoms with van der Waals surface area (Å²) in [7, 11) is 3.63. The number of methoxy groups -OCH3 is 1. The van der Waals surface area contributed by atoms with Crippen molar-refractivity contribution in [1.82, 2.24) is 4.90 Å². The second kappa shape index (κ2) is 5.64. The van der Waals surface area contributed by atoms with Crippen LogP contribution in [0.5, 0.6) is 5.75 Å². The van der Waals surface area contributed by atoms with Crippen molar-refractivity contribution in [2.45, 2.75) is 39.2 Å². The predicted octanol–water partition coefficient (Wildman–Crippen LogP) is 3.19. The number of rotatable bonds is 3. The average Bonchev–Trinajstić information content (AvgIpc) is 2.44. The van der Waals surface area contributed by atoms with Crippen LogP contribution in [0.1, 0.15) is 43.9 Å². The number of carbonyl (C=O) groups is 1. The molecule has 0 bridgehead atoms. The standard InChI is InChI=1S/C16H23NO2/c1-11(2)16(18)17(3)14-9-5-8-13-12(14)7-6-10-15(13)19-4/h6-7,10-11,14H,5,8-9H2,1-4H3/t14-/m0/s1. The van der Waals surface area contributed by atoms with Gasteiger partial charge in [0.2, 0.25) is 5.91 Å². The molecule has 0 saturated carbocycles. The van der Waals surface area contributed by atoms with E-state index in [1.54, 1.807) is 7.11 Å². The second-order valence-electron chi connectivity index (χ2n) is 5.54. The van der Waals surface area contributed by atoms with Gasteiger partial charge in [-0.15, -0.1) is 0 Å². The van der Waals surface area contributed by atoms with Crippen molar-refractivity contribution < 1.29 is 9.53 Å². The molecule has 1 aromatic rings. The Morgan fingerprint density at radius 1 is 1.42 bits per heavy atom. The molecule has 2 rings (SSSR count). The van der Waals surface area contributed by atoms with Gasteiger partial charge in [-0.2, -0.15) is 0 Å². The zero-order valence-corrected chi connectivity index (χ0v) is 12.3. The summed E-state index contributed by atoms with van der Waals surface area (Å²) >= 11 is 0. The van der Waals surface area contributed by atoms with Crippen LogP contribution < -0.4 is 4.74 Å². The highest BCUT2D eigenvalue weighted by molar-refractivity contribution is 5.78. The van der Waals surface area contributed by atoms with Crippen LogP contribution in [-0.2, 0) is 11.2 Å². The number of nitrogens with zero attached hydrogens (tertiary/aromatic N) is 1. The summed E-state index contributed by atoms with van der Waals surface area (Å²) in [4.78, 5) is 14.1. The van der Waals surface area contributed by atoms with E-state index in [1.807, 2.05) is 37.9 Å². The summed E-state index contributed by atoms with van der Waals surface area (Å²) in [6.45, 7) is 3.91. The molecule has 0 radical (unpaired) electrons.